The van der Waals surface area contributed by atoms with Crippen LogP contribution in [0.3, 0.4) is 0 Å². The van der Waals surface area contributed by atoms with E-state index in [4.69, 9.17) is 5.11 Å². The first-order chi connectivity index (χ1) is 8.12. The molecule has 0 saturated heterocycles. The molecule has 1 fully saturated rings. The van der Waals surface area contributed by atoms with Gasteiger partial charge in [-0.05, 0) is 24.5 Å². The molecule has 1 N–H and O–H groups in total. The average molecular weight is 230 g/mol. The van der Waals surface area contributed by atoms with Crippen LogP contribution >= 0.6 is 0 Å². The molecule has 4 heteroatoms. The van der Waals surface area contributed by atoms with Crippen LogP contribution in [0.25, 0.3) is 11.0 Å². The van der Waals surface area contributed by atoms with Gasteiger partial charge in [-0.25, -0.2) is 4.98 Å². The minimum atomic E-state index is -0.721. The molecular formula is C13H14N2O2. The summed E-state index contributed by atoms with van der Waals surface area (Å²) in [4.78, 5) is 15.3. The highest BCUT2D eigenvalue weighted by Crippen LogP contribution is 2.52. The molecule has 2 aromatic rings. The Morgan fingerprint density at radius 3 is 2.94 bits per heavy atom. The van der Waals surface area contributed by atoms with Gasteiger partial charge in [-0.15, -0.1) is 0 Å². The van der Waals surface area contributed by atoms with E-state index >= 15 is 0 Å². The van der Waals surface area contributed by atoms with Gasteiger partial charge >= 0.3 is 5.97 Å². The van der Waals surface area contributed by atoms with Crippen LogP contribution in [-0.2, 0) is 17.3 Å². The van der Waals surface area contributed by atoms with Crippen LogP contribution in [0.15, 0.2) is 24.5 Å². The van der Waals surface area contributed by atoms with Crippen LogP contribution in [0.5, 0.6) is 0 Å². The Morgan fingerprint density at radius 1 is 1.53 bits per heavy atom. The predicted octanol–water partition coefficient (Wildman–Crippen LogP) is 2.08. The van der Waals surface area contributed by atoms with Gasteiger partial charge in [0, 0.05) is 12.5 Å². The van der Waals surface area contributed by atoms with Gasteiger partial charge in [0.1, 0.15) is 0 Å². The van der Waals surface area contributed by atoms with Crippen LogP contribution in [0.1, 0.15) is 24.8 Å². The standard InChI is InChI=1S/C13H14N2O2/c1-15-8-14-10-4-2-3-9(12(10)15)13(5-6-13)7-11(16)17/h2-4,8H,5-7H2,1H3,(H,16,17). The van der Waals surface area contributed by atoms with Gasteiger partial charge in [0.05, 0.1) is 23.8 Å². The zero-order valence-corrected chi connectivity index (χ0v) is 9.68. The molecule has 3 rings (SSSR count). The van der Waals surface area contributed by atoms with Gasteiger partial charge < -0.3 is 9.67 Å². The van der Waals surface area contributed by atoms with Crippen LogP contribution in [0, 0.1) is 0 Å². The molecule has 1 aliphatic carbocycles. The topological polar surface area (TPSA) is 55.1 Å². The van der Waals surface area contributed by atoms with Crippen LogP contribution < -0.4 is 0 Å². The largest absolute Gasteiger partial charge is 0.481 e. The molecule has 0 bridgehead atoms. The third kappa shape index (κ3) is 1.52. The van der Waals surface area contributed by atoms with E-state index in [-0.39, 0.29) is 11.8 Å². The van der Waals surface area contributed by atoms with E-state index in [0.29, 0.717) is 0 Å². The monoisotopic (exact) mass is 230 g/mol. The van der Waals surface area contributed by atoms with Crippen molar-refractivity contribution in [2.75, 3.05) is 0 Å². The quantitative estimate of drug-likeness (QED) is 0.878. The molecule has 0 aliphatic heterocycles. The van der Waals surface area contributed by atoms with Crippen molar-refractivity contribution in [3.63, 3.8) is 0 Å². The molecule has 1 aromatic heterocycles. The summed E-state index contributed by atoms with van der Waals surface area (Å²) in [5.74, 6) is -0.721. The molecule has 1 saturated carbocycles. The molecule has 0 radical (unpaired) electrons. The van der Waals surface area contributed by atoms with Crippen molar-refractivity contribution in [2.24, 2.45) is 7.05 Å². The van der Waals surface area contributed by atoms with Crippen molar-refractivity contribution in [1.82, 2.24) is 9.55 Å². The van der Waals surface area contributed by atoms with Crippen molar-refractivity contribution in [3.05, 3.63) is 30.1 Å². The Kier molecular flexibility index (Phi) is 2.02. The number of fused-ring (bicyclic) bond motifs is 1. The maximum absolute atomic E-state index is 11.0. The van der Waals surface area contributed by atoms with Crippen LogP contribution in [-0.4, -0.2) is 20.6 Å². The lowest BCUT2D eigenvalue weighted by molar-refractivity contribution is -0.137. The van der Waals surface area contributed by atoms with Crippen molar-refractivity contribution < 1.29 is 9.90 Å². The third-order valence-electron chi connectivity index (χ3n) is 3.65. The summed E-state index contributed by atoms with van der Waals surface area (Å²) in [6, 6.07) is 5.97. The fourth-order valence-corrected chi connectivity index (χ4v) is 2.62. The Bertz CT molecular complexity index is 596. The molecule has 1 aliphatic rings. The van der Waals surface area contributed by atoms with Crippen molar-refractivity contribution in [3.8, 4) is 0 Å². The van der Waals surface area contributed by atoms with E-state index in [1.807, 2.05) is 29.8 Å². The molecule has 0 unspecified atom stereocenters. The number of carboxylic acid groups (broad SMARTS) is 1. The average Bonchev–Trinajstić information content (AvgIpc) is 2.96. The number of carboxylic acids is 1. The van der Waals surface area contributed by atoms with Gasteiger partial charge in [-0.3, -0.25) is 4.79 Å². The molecule has 0 amide bonds. The normalized spacial score (nSPS) is 17.2. The number of imidazole rings is 1. The Hall–Kier alpha value is -1.84. The highest BCUT2D eigenvalue weighted by atomic mass is 16.4. The molecule has 88 valence electrons. The van der Waals surface area contributed by atoms with E-state index in [1.165, 1.54) is 0 Å². The number of carbonyl (C=O) groups is 1. The maximum atomic E-state index is 11.0. The molecule has 0 atom stereocenters. The van der Waals surface area contributed by atoms with E-state index in [9.17, 15) is 4.79 Å². The summed E-state index contributed by atoms with van der Waals surface area (Å²) in [5.41, 5.74) is 3.00. The van der Waals surface area contributed by atoms with Crippen LogP contribution in [0.4, 0.5) is 0 Å². The second-order valence-electron chi connectivity index (χ2n) is 4.88. The van der Waals surface area contributed by atoms with Gasteiger partial charge in [-0.2, -0.15) is 0 Å². The van der Waals surface area contributed by atoms with E-state index < -0.39 is 5.97 Å². The van der Waals surface area contributed by atoms with Gasteiger partial charge in [0.15, 0.2) is 0 Å². The fraction of sp³-hybridized carbons (Fsp3) is 0.385. The van der Waals surface area contributed by atoms with Gasteiger partial charge in [0.25, 0.3) is 0 Å². The first-order valence-corrected chi connectivity index (χ1v) is 5.75. The summed E-state index contributed by atoms with van der Waals surface area (Å²) in [6.07, 6.45) is 3.93. The number of para-hydroxylation sites is 1. The number of hydrogen-bond donors (Lipinski definition) is 1. The number of aliphatic carboxylic acids is 1. The minimum absolute atomic E-state index is 0.154. The third-order valence-corrected chi connectivity index (χ3v) is 3.65. The molecule has 1 aromatic carbocycles. The maximum Gasteiger partial charge on any atom is 0.304 e. The lowest BCUT2D eigenvalue weighted by Gasteiger charge is -2.15. The summed E-state index contributed by atoms with van der Waals surface area (Å²) in [5, 5.41) is 9.02. The number of hydrogen-bond acceptors (Lipinski definition) is 2. The van der Waals surface area contributed by atoms with E-state index in [2.05, 4.69) is 4.98 Å². The minimum Gasteiger partial charge on any atom is -0.481 e. The number of benzene rings is 1. The summed E-state index contributed by atoms with van der Waals surface area (Å²) in [7, 11) is 1.95. The number of aryl methyl sites for hydroxylation is 1. The van der Waals surface area contributed by atoms with Crippen LogP contribution in [0.2, 0.25) is 0 Å². The second-order valence-corrected chi connectivity index (χ2v) is 4.88. The number of rotatable bonds is 3. The first kappa shape index (κ1) is 10.3. The second kappa shape index (κ2) is 3.32. The van der Waals surface area contributed by atoms with Crippen molar-refractivity contribution in [1.29, 1.82) is 0 Å². The van der Waals surface area contributed by atoms with Gasteiger partial charge in [-0.1, -0.05) is 12.1 Å². The number of nitrogens with zero attached hydrogens (tertiary/aromatic N) is 2. The lowest BCUT2D eigenvalue weighted by atomic mass is 9.91. The first-order valence-electron chi connectivity index (χ1n) is 5.75. The fourth-order valence-electron chi connectivity index (χ4n) is 2.62. The van der Waals surface area contributed by atoms with Crippen molar-refractivity contribution in [2.45, 2.75) is 24.7 Å². The molecular weight excluding hydrogens is 216 g/mol. The molecule has 0 spiro atoms. The zero-order valence-electron chi connectivity index (χ0n) is 9.68. The summed E-state index contributed by atoms with van der Waals surface area (Å²) >= 11 is 0. The highest BCUT2D eigenvalue weighted by Gasteiger charge is 2.47. The van der Waals surface area contributed by atoms with Gasteiger partial charge in [0.2, 0.25) is 0 Å². The molecule has 17 heavy (non-hydrogen) atoms. The Labute approximate surface area is 98.9 Å². The number of aromatic nitrogens is 2. The highest BCUT2D eigenvalue weighted by molar-refractivity contribution is 5.82. The van der Waals surface area contributed by atoms with E-state index in [0.717, 1.165) is 29.4 Å². The Morgan fingerprint density at radius 2 is 2.29 bits per heavy atom. The smallest absolute Gasteiger partial charge is 0.304 e. The Balaban J connectivity index is 2.17. The van der Waals surface area contributed by atoms with E-state index in [1.54, 1.807) is 6.33 Å². The summed E-state index contributed by atoms with van der Waals surface area (Å²) < 4.78 is 1.98. The molecule has 4 nitrogen and oxygen atoms in total. The SMILES string of the molecule is Cn1cnc2cccc(C3(CC(=O)O)CC3)c21. The zero-order chi connectivity index (χ0) is 12.0. The molecule has 1 heterocycles. The summed E-state index contributed by atoms with van der Waals surface area (Å²) in [6.45, 7) is 0. The lowest BCUT2D eigenvalue weighted by Crippen LogP contribution is -2.14. The predicted molar refractivity (Wildman–Crippen MR) is 63.9 cm³/mol. The van der Waals surface area contributed by atoms with Crippen molar-refractivity contribution >= 4 is 17.0 Å².